The van der Waals surface area contributed by atoms with Crippen LogP contribution < -0.4 is 5.32 Å². The van der Waals surface area contributed by atoms with E-state index >= 15 is 0 Å². The predicted octanol–water partition coefficient (Wildman–Crippen LogP) is 2.08. The lowest BCUT2D eigenvalue weighted by Crippen LogP contribution is -2.28. The number of hydrogen-bond donors (Lipinski definition) is 1. The van der Waals surface area contributed by atoms with Gasteiger partial charge in [0.25, 0.3) is 0 Å². The maximum Gasteiger partial charge on any atom is 0.190 e. The fourth-order valence-electron chi connectivity index (χ4n) is 1.64. The Morgan fingerprint density at radius 3 is 2.88 bits per heavy atom. The van der Waals surface area contributed by atoms with E-state index in [-0.39, 0.29) is 0 Å². The highest BCUT2D eigenvalue weighted by molar-refractivity contribution is 7.99. The van der Waals surface area contributed by atoms with Crippen LogP contribution in [0.5, 0.6) is 0 Å². The van der Waals surface area contributed by atoms with Gasteiger partial charge in [-0.15, -0.1) is 10.2 Å². The molecule has 0 saturated heterocycles. The third-order valence-electron chi connectivity index (χ3n) is 2.58. The van der Waals surface area contributed by atoms with E-state index in [0.29, 0.717) is 6.04 Å². The smallest absolute Gasteiger partial charge is 0.190 e. The second-order valence-corrected chi connectivity index (χ2v) is 4.94. The molecule has 92 valence electrons. The lowest BCUT2D eigenvalue weighted by molar-refractivity contribution is 0.477. The molecular weight excluding hydrogens is 220 g/mol. The summed E-state index contributed by atoms with van der Waals surface area (Å²) in [7, 11) is 1.98. The van der Waals surface area contributed by atoms with Gasteiger partial charge >= 0.3 is 0 Å². The van der Waals surface area contributed by atoms with Crippen LogP contribution in [-0.2, 0) is 7.05 Å². The first-order chi connectivity index (χ1) is 7.77. The van der Waals surface area contributed by atoms with Crippen molar-refractivity contribution in [2.45, 2.75) is 44.3 Å². The minimum Gasteiger partial charge on any atom is -0.314 e. The first-order valence-corrected chi connectivity index (χ1v) is 6.96. The molecule has 0 radical (unpaired) electrons. The molecule has 1 aromatic rings. The molecule has 1 aromatic heterocycles. The maximum atomic E-state index is 4.05. The Morgan fingerprint density at radius 1 is 1.50 bits per heavy atom. The molecule has 1 atom stereocenters. The molecule has 0 aliphatic carbocycles. The molecule has 0 spiro atoms. The van der Waals surface area contributed by atoms with Gasteiger partial charge in [0, 0.05) is 18.8 Å². The lowest BCUT2D eigenvalue weighted by atomic mass is 10.1. The van der Waals surface area contributed by atoms with Crippen molar-refractivity contribution in [1.29, 1.82) is 0 Å². The average Bonchev–Trinajstić information content (AvgIpc) is 2.69. The third kappa shape index (κ3) is 4.53. The van der Waals surface area contributed by atoms with Crippen molar-refractivity contribution in [2.24, 2.45) is 7.05 Å². The van der Waals surface area contributed by atoms with Crippen LogP contribution in [0.25, 0.3) is 0 Å². The zero-order chi connectivity index (χ0) is 11.8. The monoisotopic (exact) mass is 242 g/mol. The molecule has 1 heterocycles. The molecule has 5 heteroatoms. The summed E-state index contributed by atoms with van der Waals surface area (Å²) in [4.78, 5) is 0. The molecule has 0 aliphatic rings. The highest BCUT2D eigenvalue weighted by atomic mass is 32.2. The Hall–Kier alpha value is -0.550. The van der Waals surface area contributed by atoms with Crippen LogP contribution in [0.15, 0.2) is 11.5 Å². The first-order valence-electron chi connectivity index (χ1n) is 5.98. The fourth-order valence-corrected chi connectivity index (χ4v) is 2.48. The van der Waals surface area contributed by atoms with Crippen molar-refractivity contribution in [3.63, 3.8) is 0 Å². The van der Waals surface area contributed by atoms with Crippen LogP contribution in [0, 0.1) is 0 Å². The van der Waals surface area contributed by atoms with Crippen molar-refractivity contribution in [3.8, 4) is 0 Å². The molecule has 16 heavy (non-hydrogen) atoms. The Labute approximate surface area is 102 Å². The second-order valence-electron chi connectivity index (χ2n) is 3.88. The average molecular weight is 242 g/mol. The summed E-state index contributed by atoms with van der Waals surface area (Å²) in [5.41, 5.74) is 0. The van der Waals surface area contributed by atoms with Crippen LogP contribution >= 0.6 is 11.8 Å². The van der Waals surface area contributed by atoms with E-state index in [9.17, 15) is 0 Å². The quantitative estimate of drug-likeness (QED) is 0.560. The Morgan fingerprint density at radius 2 is 2.31 bits per heavy atom. The molecule has 1 N–H and O–H groups in total. The van der Waals surface area contributed by atoms with Crippen LogP contribution in [0.2, 0.25) is 0 Å². The zero-order valence-electron chi connectivity index (χ0n) is 10.4. The summed E-state index contributed by atoms with van der Waals surface area (Å²) >= 11 is 1.79. The highest BCUT2D eigenvalue weighted by Gasteiger charge is 2.05. The van der Waals surface area contributed by atoms with Crippen LogP contribution in [0.4, 0.5) is 0 Å². The van der Waals surface area contributed by atoms with Gasteiger partial charge < -0.3 is 9.88 Å². The van der Waals surface area contributed by atoms with E-state index in [0.717, 1.165) is 17.5 Å². The van der Waals surface area contributed by atoms with E-state index in [2.05, 4.69) is 29.4 Å². The number of rotatable bonds is 8. The van der Waals surface area contributed by atoms with Gasteiger partial charge in [-0.25, -0.2) is 0 Å². The van der Waals surface area contributed by atoms with Gasteiger partial charge in [-0.3, -0.25) is 0 Å². The van der Waals surface area contributed by atoms with Gasteiger partial charge in [0.1, 0.15) is 6.33 Å². The number of nitrogens with one attached hydrogen (secondary N) is 1. The van der Waals surface area contributed by atoms with Gasteiger partial charge in [-0.2, -0.15) is 0 Å². The van der Waals surface area contributed by atoms with Gasteiger partial charge in [-0.05, 0) is 25.8 Å². The number of thioether (sulfide) groups is 1. The third-order valence-corrected chi connectivity index (χ3v) is 3.70. The first kappa shape index (κ1) is 13.5. The van der Waals surface area contributed by atoms with E-state index in [1.165, 1.54) is 19.3 Å². The Kier molecular flexibility index (Phi) is 6.49. The summed E-state index contributed by atoms with van der Waals surface area (Å²) < 4.78 is 1.96. The summed E-state index contributed by atoms with van der Waals surface area (Å²) in [5, 5.41) is 12.4. The van der Waals surface area contributed by atoms with Gasteiger partial charge in [0.05, 0.1) is 0 Å². The molecule has 0 saturated carbocycles. The highest BCUT2D eigenvalue weighted by Crippen LogP contribution is 2.16. The van der Waals surface area contributed by atoms with E-state index < -0.39 is 0 Å². The molecule has 0 aromatic carbocycles. The van der Waals surface area contributed by atoms with Crippen molar-refractivity contribution in [1.82, 2.24) is 20.1 Å². The molecule has 0 fully saturated rings. The summed E-state index contributed by atoms with van der Waals surface area (Å²) in [6, 6.07) is 0.671. The molecular formula is C11H22N4S. The molecule has 0 amide bonds. The van der Waals surface area contributed by atoms with E-state index in [4.69, 9.17) is 0 Å². The van der Waals surface area contributed by atoms with Crippen LogP contribution in [0.1, 0.15) is 33.1 Å². The molecule has 4 nitrogen and oxygen atoms in total. The van der Waals surface area contributed by atoms with Gasteiger partial charge in [0.2, 0.25) is 0 Å². The minimum atomic E-state index is 0.671. The summed E-state index contributed by atoms with van der Waals surface area (Å²) in [6.45, 7) is 5.47. The number of aromatic nitrogens is 3. The van der Waals surface area contributed by atoms with E-state index in [1.807, 2.05) is 11.6 Å². The summed E-state index contributed by atoms with van der Waals surface area (Å²) in [5.74, 6) is 1.12. The van der Waals surface area contributed by atoms with Gasteiger partial charge in [-0.1, -0.05) is 25.6 Å². The lowest BCUT2D eigenvalue weighted by Gasteiger charge is -2.14. The van der Waals surface area contributed by atoms with Crippen molar-refractivity contribution < 1.29 is 0 Å². The van der Waals surface area contributed by atoms with Gasteiger partial charge in [0.15, 0.2) is 5.16 Å². The zero-order valence-corrected chi connectivity index (χ0v) is 11.3. The second kappa shape index (κ2) is 7.68. The SMILES string of the molecule is CCNC(CC)CCCSc1nncn1C. The predicted molar refractivity (Wildman–Crippen MR) is 68.7 cm³/mol. The normalized spacial score (nSPS) is 12.9. The van der Waals surface area contributed by atoms with Crippen molar-refractivity contribution in [3.05, 3.63) is 6.33 Å². The fraction of sp³-hybridized carbons (Fsp3) is 0.818. The standard InChI is InChI=1S/C11H22N4S/c1-4-10(12-5-2)7-6-8-16-11-14-13-9-15(11)3/h9-10,12H,4-8H2,1-3H3. The topological polar surface area (TPSA) is 42.7 Å². The molecule has 0 aliphatic heterocycles. The minimum absolute atomic E-state index is 0.671. The molecule has 0 bridgehead atoms. The maximum absolute atomic E-state index is 4.05. The number of nitrogens with zero attached hydrogens (tertiary/aromatic N) is 3. The molecule has 1 rings (SSSR count). The number of aryl methyl sites for hydroxylation is 1. The molecule has 1 unspecified atom stereocenters. The Bertz CT molecular complexity index is 287. The van der Waals surface area contributed by atoms with E-state index in [1.54, 1.807) is 18.1 Å². The van der Waals surface area contributed by atoms with Crippen molar-refractivity contribution >= 4 is 11.8 Å². The number of hydrogen-bond acceptors (Lipinski definition) is 4. The van der Waals surface area contributed by atoms with Crippen LogP contribution in [0.3, 0.4) is 0 Å². The van der Waals surface area contributed by atoms with Crippen molar-refractivity contribution in [2.75, 3.05) is 12.3 Å². The Balaban J connectivity index is 2.14. The summed E-state index contributed by atoms with van der Waals surface area (Å²) in [6.07, 6.45) is 5.43. The largest absolute Gasteiger partial charge is 0.314 e. The van der Waals surface area contributed by atoms with Crippen LogP contribution in [-0.4, -0.2) is 33.1 Å².